The second kappa shape index (κ2) is 13.0. The van der Waals surface area contributed by atoms with Gasteiger partial charge in [-0.3, -0.25) is 0 Å². The quantitative estimate of drug-likeness (QED) is 0.169. The van der Waals surface area contributed by atoms with E-state index in [2.05, 4.69) is 230 Å². The zero-order chi connectivity index (χ0) is 40.1. The van der Waals surface area contributed by atoms with Gasteiger partial charge in [0.05, 0.1) is 27.8 Å². The molecule has 0 aliphatic heterocycles. The van der Waals surface area contributed by atoms with Crippen molar-refractivity contribution >= 4 is 38.9 Å². The molecule has 9 aromatic carbocycles. The molecule has 284 valence electrons. The van der Waals surface area contributed by atoms with E-state index < -0.39 is 5.41 Å². The van der Waals surface area contributed by atoms with Crippen LogP contribution in [0.5, 0.6) is 0 Å². The van der Waals surface area contributed by atoms with E-state index in [1.165, 1.54) is 111 Å². The summed E-state index contributed by atoms with van der Waals surface area (Å²) in [6.45, 7) is 6.73. The number of fused-ring (bicyclic) bond motifs is 13. The molecule has 0 N–H and O–H groups in total. The lowest BCUT2D eigenvalue weighted by molar-refractivity contribution is 0.793. The minimum Gasteiger partial charge on any atom is -0.309 e. The van der Waals surface area contributed by atoms with Gasteiger partial charge < -0.3 is 9.47 Å². The van der Waals surface area contributed by atoms with Gasteiger partial charge in [0.25, 0.3) is 0 Å². The fourth-order valence-electron chi connectivity index (χ4n) is 11.1. The Morgan fingerprint density at radius 2 is 0.967 bits per heavy atom. The molecule has 1 heterocycles. The van der Waals surface area contributed by atoms with Crippen molar-refractivity contribution in [3.05, 3.63) is 239 Å². The lowest BCUT2D eigenvalue weighted by Gasteiger charge is -2.33. The maximum absolute atomic E-state index is 2.54. The maximum atomic E-state index is 2.54. The summed E-state index contributed by atoms with van der Waals surface area (Å²) in [7, 11) is 0. The minimum atomic E-state index is -0.417. The Bertz CT molecular complexity index is 3280. The van der Waals surface area contributed by atoms with Gasteiger partial charge in [-0.25, -0.2) is 0 Å². The molecule has 2 heteroatoms. The van der Waals surface area contributed by atoms with E-state index in [9.17, 15) is 0 Å². The summed E-state index contributed by atoms with van der Waals surface area (Å²) in [5.74, 6) is 0. The van der Waals surface area contributed by atoms with Crippen molar-refractivity contribution in [2.75, 3.05) is 4.90 Å². The molecular weight excluding hydrogens is 725 g/mol. The normalized spacial score (nSPS) is 13.1. The first-order chi connectivity index (χ1) is 29.5. The number of aromatic nitrogens is 1. The SMILES string of the molecule is Cc1cc(C)c(N(c2ccc(-c3cccc4c3c3ccccc3n4-c3ccccc3)cc2)c2cccc3c2-c2ccccc2C32c3ccccc3-c3ccccc32)c(C)c1. The third-order valence-corrected chi connectivity index (χ3v) is 13.2. The topological polar surface area (TPSA) is 8.17 Å². The Hall–Kier alpha value is -7.42. The summed E-state index contributed by atoms with van der Waals surface area (Å²) in [5.41, 5.74) is 23.5. The highest BCUT2D eigenvalue weighted by atomic mass is 15.2. The van der Waals surface area contributed by atoms with Crippen molar-refractivity contribution in [3.63, 3.8) is 0 Å². The summed E-state index contributed by atoms with van der Waals surface area (Å²) in [4.78, 5) is 2.54. The Morgan fingerprint density at radius 3 is 1.67 bits per heavy atom. The number of hydrogen-bond acceptors (Lipinski definition) is 1. The summed E-state index contributed by atoms with van der Waals surface area (Å²) in [5, 5.41) is 2.53. The highest BCUT2D eigenvalue weighted by Crippen LogP contribution is 2.64. The lowest BCUT2D eigenvalue weighted by Crippen LogP contribution is -2.26. The van der Waals surface area contributed by atoms with Crippen molar-refractivity contribution in [1.29, 1.82) is 0 Å². The molecule has 1 spiro atoms. The van der Waals surface area contributed by atoms with Gasteiger partial charge in [0, 0.05) is 27.7 Å². The first-order valence-electron chi connectivity index (χ1n) is 21.0. The Morgan fingerprint density at radius 1 is 0.433 bits per heavy atom. The molecule has 10 aromatic rings. The molecule has 2 aliphatic rings. The van der Waals surface area contributed by atoms with Crippen molar-refractivity contribution < 1.29 is 0 Å². The molecule has 60 heavy (non-hydrogen) atoms. The van der Waals surface area contributed by atoms with E-state index in [4.69, 9.17) is 0 Å². The van der Waals surface area contributed by atoms with Crippen molar-refractivity contribution in [2.45, 2.75) is 26.2 Å². The van der Waals surface area contributed by atoms with Crippen LogP contribution in [0.15, 0.2) is 200 Å². The van der Waals surface area contributed by atoms with E-state index in [0.29, 0.717) is 0 Å². The number of hydrogen-bond donors (Lipinski definition) is 0. The lowest BCUT2D eigenvalue weighted by atomic mass is 9.70. The molecule has 2 aliphatic carbocycles. The van der Waals surface area contributed by atoms with Crippen molar-refractivity contribution in [2.24, 2.45) is 0 Å². The summed E-state index contributed by atoms with van der Waals surface area (Å²) < 4.78 is 2.40. The molecule has 0 saturated heterocycles. The predicted molar refractivity (Wildman–Crippen MR) is 251 cm³/mol. The third kappa shape index (κ3) is 4.70. The van der Waals surface area contributed by atoms with Gasteiger partial charge in [0.15, 0.2) is 0 Å². The second-order valence-corrected chi connectivity index (χ2v) is 16.6. The van der Waals surface area contributed by atoms with E-state index in [1.54, 1.807) is 0 Å². The number of para-hydroxylation sites is 2. The average Bonchev–Trinajstić information content (AvgIpc) is 3.90. The Kier molecular flexibility index (Phi) is 7.52. The number of rotatable bonds is 5. The van der Waals surface area contributed by atoms with E-state index >= 15 is 0 Å². The van der Waals surface area contributed by atoms with Gasteiger partial charge in [-0.2, -0.15) is 0 Å². The van der Waals surface area contributed by atoms with Crippen LogP contribution in [-0.4, -0.2) is 4.57 Å². The summed E-state index contributed by atoms with van der Waals surface area (Å²) in [6.07, 6.45) is 0. The van der Waals surface area contributed by atoms with E-state index in [-0.39, 0.29) is 0 Å². The van der Waals surface area contributed by atoms with Crippen LogP contribution in [0.25, 0.3) is 60.9 Å². The molecule has 12 rings (SSSR count). The summed E-state index contributed by atoms with van der Waals surface area (Å²) in [6, 6.07) is 74.5. The molecule has 0 atom stereocenters. The minimum absolute atomic E-state index is 0.417. The molecular formula is C58H42N2. The number of aryl methyl sites for hydroxylation is 3. The zero-order valence-corrected chi connectivity index (χ0v) is 33.9. The van der Waals surface area contributed by atoms with Crippen LogP contribution in [0, 0.1) is 20.8 Å². The largest absolute Gasteiger partial charge is 0.309 e. The molecule has 0 fully saturated rings. The van der Waals surface area contributed by atoms with E-state index in [0.717, 1.165) is 5.69 Å². The van der Waals surface area contributed by atoms with E-state index in [1.807, 2.05) is 0 Å². The van der Waals surface area contributed by atoms with Gasteiger partial charge in [0.1, 0.15) is 0 Å². The number of benzene rings is 9. The fourth-order valence-corrected chi connectivity index (χ4v) is 11.1. The highest BCUT2D eigenvalue weighted by Gasteiger charge is 2.52. The van der Waals surface area contributed by atoms with Gasteiger partial charge in [-0.05, 0) is 124 Å². The van der Waals surface area contributed by atoms with Gasteiger partial charge in [-0.15, -0.1) is 0 Å². The average molecular weight is 767 g/mol. The van der Waals surface area contributed by atoms with Gasteiger partial charge in [0.2, 0.25) is 0 Å². The fraction of sp³-hybridized carbons (Fsp3) is 0.0690. The smallest absolute Gasteiger partial charge is 0.0726 e. The number of anilines is 3. The van der Waals surface area contributed by atoms with Crippen molar-refractivity contribution in [3.8, 4) is 39.1 Å². The summed E-state index contributed by atoms with van der Waals surface area (Å²) >= 11 is 0. The first-order valence-corrected chi connectivity index (χ1v) is 21.0. The van der Waals surface area contributed by atoms with Crippen LogP contribution in [0.2, 0.25) is 0 Å². The molecule has 0 radical (unpaired) electrons. The van der Waals surface area contributed by atoms with Gasteiger partial charge >= 0.3 is 0 Å². The second-order valence-electron chi connectivity index (χ2n) is 16.6. The highest BCUT2D eigenvalue weighted by molar-refractivity contribution is 6.16. The predicted octanol–water partition coefficient (Wildman–Crippen LogP) is 15.2. The molecule has 0 saturated carbocycles. The van der Waals surface area contributed by atoms with Crippen LogP contribution in [0.3, 0.4) is 0 Å². The van der Waals surface area contributed by atoms with Crippen LogP contribution in [0.1, 0.15) is 38.9 Å². The molecule has 1 aromatic heterocycles. The number of nitrogens with zero attached hydrogens (tertiary/aromatic N) is 2. The van der Waals surface area contributed by atoms with Crippen LogP contribution in [0.4, 0.5) is 17.1 Å². The first kappa shape index (κ1) is 34.6. The van der Waals surface area contributed by atoms with Crippen LogP contribution < -0.4 is 4.90 Å². The maximum Gasteiger partial charge on any atom is 0.0726 e. The monoisotopic (exact) mass is 766 g/mol. The van der Waals surface area contributed by atoms with Crippen molar-refractivity contribution in [1.82, 2.24) is 4.57 Å². The third-order valence-electron chi connectivity index (χ3n) is 13.2. The van der Waals surface area contributed by atoms with Gasteiger partial charge in [-0.1, -0.05) is 163 Å². The van der Waals surface area contributed by atoms with Crippen LogP contribution >= 0.6 is 0 Å². The standard InChI is InChI=1S/C58H42N2/c1-37-35-38(2)57(39(3)36-37)60(42-33-31-40(32-34-42)43-23-15-29-53-55(43)47-22-10-14-28-52(47)59(53)41-17-5-4-6-18-41)54-30-16-27-51-56(54)46-21-9-13-26-50(46)58(51)48-24-11-7-19-44(48)45-20-8-12-25-49(45)58/h4-36H,1-3H3. The zero-order valence-electron chi connectivity index (χ0n) is 33.9. The Labute approximate surface area is 351 Å². The molecule has 0 amide bonds. The van der Waals surface area contributed by atoms with Crippen LogP contribution in [-0.2, 0) is 5.41 Å². The molecule has 2 nitrogen and oxygen atoms in total. The molecule has 0 bridgehead atoms. The Balaban J connectivity index is 1.09. The molecule has 0 unspecified atom stereocenters.